The summed E-state index contributed by atoms with van der Waals surface area (Å²) >= 11 is 0. The maximum atomic E-state index is 12.7. The number of aryl methyl sites for hydroxylation is 1. The molecule has 1 aliphatic heterocycles. The summed E-state index contributed by atoms with van der Waals surface area (Å²) in [5.74, 6) is -1.91. The minimum atomic E-state index is -4.61. The average Bonchev–Trinajstić information content (AvgIpc) is 2.78. The van der Waals surface area contributed by atoms with Gasteiger partial charge in [-0.25, -0.2) is 8.42 Å². The molecule has 136 valence electrons. The van der Waals surface area contributed by atoms with Crippen molar-refractivity contribution in [3.05, 3.63) is 17.5 Å². The largest absolute Gasteiger partial charge is 0.433 e. The van der Waals surface area contributed by atoms with Gasteiger partial charge in [0.1, 0.15) is 11.4 Å². The Morgan fingerprint density at radius 3 is 2.58 bits per heavy atom. The Bertz CT molecular complexity index is 713. The number of hydrogen-bond acceptors (Lipinski definition) is 4. The molecule has 1 unspecified atom stereocenters. The third kappa shape index (κ3) is 4.49. The summed E-state index contributed by atoms with van der Waals surface area (Å²) in [6.07, 6.45) is -1.97. The maximum absolute atomic E-state index is 12.7. The molecule has 0 N–H and O–H groups in total. The van der Waals surface area contributed by atoms with Crippen LogP contribution in [0.15, 0.2) is 6.07 Å². The standard InChI is InChI=1S/C14H20F3N3O3S/c1-10-5-3-4-6-20(10)13(21)9-24(22,23)8-11-7-12(14(15,16)17)19(2)18-11/h7,10H,3-6,8-9H2,1-2H3. The number of amides is 1. The molecule has 1 atom stereocenters. The molecular weight excluding hydrogens is 347 g/mol. The second kappa shape index (κ2) is 6.73. The van der Waals surface area contributed by atoms with Crippen LogP contribution in [-0.4, -0.2) is 47.3 Å². The Kier molecular flexibility index (Phi) is 5.26. The molecule has 2 heterocycles. The molecule has 1 saturated heterocycles. The summed E-state index contributed by atoms with van der Waals surface area (Å²) in [6, 6.07) is 0.680. The van der Waals surface area contributed by atoms with Crippen LogP contribution in [0.4, 0.5) is 13.2 Å². The highest BCUT2D eigenvalue weighted by Crippen LogP contribution is 2.29. The van der Waals surface area contributed by atoms with Gasteiger partial charge in [-0.05, 0) is 32.3 Å². The molecule has 1 fully saturated rings. The van der Waals surface area contributed by atoms with Gasteiger partial charge in [-0.3, -0.25) is 9.48 Å². The van der Waals surface area contributed by atoms with Crippen molar-refractivity contribution < 1.29 is 26.4 Å². The van der Waals surface area contributed by atoms with Crippen molar-refractivity contribution >= 4 is 15.7 Å². The third-order valence-corrected chi connectivity index (χ3v) is 5.48. The normalized spacial score (nSPS) is 19.5. The Balaban J connectivity index is 2.07. The number of halogens is 3. The van der Waals surface area contributed by atoms with E-state index in [1.165, 1.54) is 4.90 Å². The molecule has 1 aromatic heterocycles. The lowest BCUT2D eigenvalue weighted by atomic mass is 10.0. The molecular formula is C14H20F3N3O3S. The summed E-state index contributed by atoms with van der Waals surface area (Å²) in [5, 5.41) is 3.59. The Hall–Kier alpha value is -1.58. The van der Waals surface area contributed by atoms with Crippen LogP contribution in [0.5, 0.6) is 0 Å². The summed E-state index contributed by atoms with van der Waals surface area (Å²) in [4.78, 5) is 13.7. The van der Waals surface area contributed by atoms with Gasteiger partial charge >= 0.3 is 6.18 Å². The molecule has 1 aromatic rings. The van der Waals surface area contributed by atoms with Crippen LogP contribution in [0.2, 0.25) is 0 Å². The molecule has 1 amide bonds. The molecule has 6 nitrogen and oxygen atoms in total. The first-order valence-electron chi connectivity index (χ1n) is 7.59. The lowest BCUT2D eigenvalue weighted by Crippen LogP contribution is -2.44. The van der Waals surface area contributed by atoms with Gasteiger partial charge in [-0.15, -0.1) is 0 Å². The highest BCUT2D eigenvalue weighted by atomic mass is 32.2. The number of nitrogens with zero attached hydrogens (tertiary/aromatic N) is 3. The number of piperidine rings is 1. The number of carbonyl (C=O) groups is 1. The number of sulfone groups is 1. The van der Waals surface area contributed by atoms with E-state index in [1.807, 2.05) is 6.92 Å². The molecule has 0 spiro atoms. The minimum Gasteiger partial charge on any atom is -0.339 e. The van der Waals surface area contributed by atoms with E-state index in [-0.39, 0.29) is 11.7 Å². The van der Waals surface area contributed by atoms with Crippen molar-refractivity contribution in [2.45, 2.75) is 44.2 Å². The number of carbonyl (C=O) groups excluding carboxylic acids is 1. The van der Waals surface area contributed by atoms with Crippen molar-refractivity contribution in [2.75, 3.05) is 12.3 Å². The average molecular weight is 367 g/mol. The number of alkyl halides is 3. The third-order valence-electron chi connectivity index (χ3n) is 4.06. The Morgan fingerprint density at radius 2 is 2.04 bits per heavy atom. The van der Waals surface area contributed by atoms with Crippen LogP contribution in [0, 0.1) is 0 Å². The lowest BCUT2D eigenvalue weighted by Gasteiger charge is -2.33. The zero-order valence-corrected chi connectivity index (χ0v) is 14.3. The molecule has 24 heavy (non-hydrogen) atoms. The zero-order valence-electron chi connectivity index (χ0n) is 13.5. The smallest absolute Gasteiger partial charge is 0.339 e. The molecule has 0 radical (unpaired) electrons. The molecule has 2 rings (SSSR count). The van der Waals surface area contributed by atoms with Gasteiger partial charge in [0.25, 0.3) is 0 Å². The van der Waals surface area contributed by atoms with E-state index in [9.17, 15) is 26.4 Å². The first-order valence-corrected chi connectivity index (χ1v) is 9.42. The Labute approximate surface area is 138 Å². The van der Waals surface area contributed by atoms with Crippen molar-refractivity contribution in [3.8, 4) is 0 Å². The molecule has 0 aromatic carbocycles. The quantitative estimate of drug-likeness (QED) is 0.813. The number of rotatable bonds is 4. The van der Waals surface area contributed by atoms with Crippen LogP contribution < -0.4 is 0 Å². The highest BCUT2D eigenvalue weighted by Gasteiger charge is 2.35. The van der Waals surface area contributed by atoms with Crippen molar-refractivity contribution in [1.29, 1.82) is 0 Å². The summed E-state index contributed by atoms with van der Waals surface area (Å²) in [5.41, 5.74) is -1.24. The summed E-state index contributed by atoms with van der Waals surface area (Å²) in [6.45, 7) is 2.37. The van der Waals surface area contributed by atoms with Crippen LogP contribution in [0.1, 0.15) is 37.6 Å². The van der Waals surface area contributed by atoms with E-state index in [1.54, 1.807) is 0 Å². The second-order valence-corrected chi connectivity index (χ2v) is 8.17. The lowest BCUT2D eigenvalue weighted by molar-refractivity contribution is -0.143. The van der Waals surface area contributed by atoms with Crippen LogP contribution in [-0.2, 0) is 33.6 Å². The van der Waals surface area contributed by atoms with Gasteiger partial charge in [-0.1, -0.05) is 0 Å². The molecule has 1 aliphatic rings. The predicted octanol–water partition coefficient (Wildman–Crippen LogP) is 1.75. The van der Waals surface area contributed by atoms with E-state index in [0.717, 1.165) is 26.3 Å². The zero-order chi connectivity index (χ0) is 18.1. The fraction of sp³-hybridized carbons (Fsp3) is 0.714. The molecule has 0 saturated carbocycles. The van der Waals surface area contributed by atoms with Gasteiger partial charge in [0.05, 0.1) is 11.4 Å². The Morgan fingerprint density at radius 1 is 1.38 bits per heavy atom. The van der Waals surface area contributed by atoms with E-state index in [0.29, 0.717) is 17.3 Å². The minimum absolute atomic E-state index is 0.0202. The van der Waals surface area contributed by atoms with Crippen molar-refractivity contribution in [2.24, 2.45) is 7.05 Å². The van der Waals surface area contributed by atoms with Crippen molar-refractivity contribution in [1.82, 2.24) is 14.7 Å². The SMILES string of the molecule is CC1CCCCN1C(=O)CS(=O)(=O)Cc1cc(C(F)(F)F)n(C)n1. The second-order valence-electron chi connectivity index (χ2n) is 6.11. The van der Waals surface area contributed by atoms with Gasteiger partial charge in [0, 0.05) is 19.6 Å². The molecule has 10 heteroatoms. The fourth-order valence-electron chi connectivity index (χ4n) is 2.88. The van der Waals surface area contributed by atoms with Crippen LogP contribution >= 0.6 is 0 Å². The van der Waals surface area contributed by atoms with Gasteiger partial charge in [0.15, 0.2) is 9.84 Å². The van der Waals surface area contributed by atoms with E-state index in [4.69, 9.17) is 0 Å². The van der Waals surface area contributed by atoms with Crippen molar-refractivity contribution in [3.63, 3.8) is 0 Å². The number of likely N-dealkylation sites (tertiary alicyclic amines) is 1. The maximum Gasteiger partial charge on any atom is 0.433 e. The predicted molar refractivity (Wildman–Crippen MR) is 80.7 cm³/mol. The van der Waals surface area contributed by atoms with Gasteiger partial charge in [0.2, 0.25) is 5.91 Å². The summed E-state index contributed by atoms with van der Waals surface area (Å²) < 4.78 is 63.1. The number of aromatic nitrogens is 2. The molecule has 0 aliphatic carbocycles. The first-order chi connectivity index (χ1) is 11.0. The van der Waals surface area contributed by atoms with E-state index < -0.39 is 39.1 Å². The molecule has 0 bridgehead atoms. The topological polar surface area (TPSA) is 72.3 Å². The van der Waals surface area contributed by atoms with Gasteiger partial charge < -0.3 is 4.90 Å². The first kappa shape index (κ1) is 18.8. The van der Waals surface area contributed by atoms with E-state index in [2.05, 4.69) is 5.10 Å². The van der Waals surface area contributed by atoms with E-state index >= 15 is 0 Å². The summed E-state index contributed by atoms with van der Waals surface area (Å²) in [7, 11) is -2.79. The number of hydrogen-bond donors (Lipinski definition) is 0. The van der Waals surface area contributed by atoms with Gasteiger partial charge in [-0.2, -0.15) is 18.3 Å². The van der Waals surface area contributed by atoms with Crippen LogP contribution in [0.3, 0.4) is 0 Å². The fourth-order valence-corrected chi connectivity index (χ4v) is 4.11. The van der Waals surface area contributed by atoms with Crippen LogP contribution in [0.25, 0.3) is 0 Å². The monoisotopic (exact) mass is 367 g/mol. The highest BCUT2D eigenvalue weighted by molar-refractivity contribution is 7.91.